The summed E-state index contributed by atoms with van der Waals surface area (Å²) in [6, 6.07) is 0. The second-order valence-electron chi connectivity index (χ2n) is 2.56. The number of aromatic amines is 1. The SMILES string of the molecule is CC(N)(CO)c1cn[nH]c1. The summed E-state index contributed by atoms with van der Waals surface area (Å²) >= 11 is 0. The molecule has 4 nitrogen and oxygen atoms in total. The van der Waals surface area contributed by atoms with Gasteiger partial charge < -0.3 is 10.8 Å². The van der Waals surface area contributed by atoms with Gasteiger partial charge in [-0.15, -0.1) is 0 Å². The van der Waals surface area contributed by atoms with E-state index < -0.39 is 5.54 Å². The van der Waals surface area contributed by atoms with Gasteiger partial charge in [0.2, 0.25) is 0 Å². The molecule has 1 aromatic heterocycles. The number of rotatable bonds is 2. The first-order valence-corrected chi connectivity index (χ1v) is 3.06. The maximum absolute atomic E-state index is 8.80. The van der Waals surface area contributed by atoms with Crippen molar-refractivity contribution >= 4 is 0 Å². The van der Waals surface area contributed by atoms with E-state index >= 15 is 0 Å². The number of hydrogen-bond donors (Lipinski definition) is 3. The summed E-state index contributed by atoms with van der Waals surface area (Å²) in [4.78, 5) is 0. The quantitative estimate of drug-likeness (QED) is 0.523. The predicted octanol–water partition coefficient (Wildman–Crippen LogP) is -0.424. The van der Waals surface area contributed by atoms with Crippen molar-refractivity contribution in [2.75, 3.05) is 6.61 Å². The van der Waals surface area contributed by atoms with Crippen molar-refractivity contribution < 1.29 is 5.11 Å². The van der Waals surface area contributed by atoms with Crippen molar-refractivity contribution in [2.24, 2.45) is 5.73 Å². The molecule has 0 aliphatic rings. The van der Waals surface area contributed by atoms with Crippen LogP contribution in [-0.4, -0.2) is 21.9 Å². The lowest BCUT2D eigenvalue weighted by Gasteiger charge is -2.18. The summed E-state index contributed by atoms with van der Waals surface area (Å²) in [5.41, 5.74) is 5.81. The summed E-state index contributed by atoms with van der Waals surface area (Å²) in [7, 11) is 0. The highest BCUT2D eigenvalue weighted by atomic mass is 16.3. The van der Waals surface area contributed by atoms with Crippen LogP contribution in [0.15, 0.2) is 12.4 Å². The highest BCUT2D eigenvalue weighted by Crippen LogP contribution is 2.13. The number of aliphatic hydroxyl groups excluding tert-OH is 1. The minimum atomic E-state index is -0.674. The van der Waals surface area contributed by atoms with Crippen LogP contribution in [0.5, 0.6) is 0 Å². The number of nitrogens with zero attached hydrogens (tertiary/aromatic N) is 1. The van der Waals surface area contributed by atoms with Gasteiger partial charge in [0.25, 0.3) is 0 Å². The molecule has 4 heteroatoms. The van der Waals surface area contributed by atoms with Gasteiger partial charge in [0.05, 0.1) is 18.3 Å². The van der Waals surface area contributed by atoms with E-state index in [0.29, 0.717) is 0 Å². The largest absolute Gasteiger partial charge is 0.394 e. The first-order valence-electron chi connectivity index (χ1n) is 3.06. The second-order valence-corrected chi connectivity index (χ2v) is 2.56. The summed E-state index contributed by atoms with van der Waals surface area (Å²) in [6.45, 7) is 1.67. The van der Waals surface area contributed by atoms with Crippen molar-refractivity contribution in [3.63, 3.8) is 0 Å². The Labute approximate surface area is 59.1 Å². The van der Waals surface area contributed by atoms with Crippen LogP contribution in [0.4, 0.5) is 0 Å². The Morgan fingerprint density at radius 1 is 1.90 bits per heavy atom. The molecule has 1 atom stereocenters. The Hall–Kier alpha value is -0.870. The van der Waals surface area contributed by atoms with Crippen molar-refractivity contribution in [2.45, 2.75) is 12.5 Å². The predicted molar refractivity (Wildman–Crippen MR) is 37.2 cm³/mol. The molecule has 4 N–H and O–H groups in total. The Bertz CT molecular complexity index is 193. The summed E-state index contributed by atoms with van der Waals surface area (Å²) in [5.74, 6) is 0. The van der Waals surface area contributed by atoms with E-state index in [1.165, 1.54) is 0 Å². The van der Waals surface area contributed by atoms with Gasteiger partial charge in [-0.05, 0) is 6.92 Å². The standard InChI is InChI=1S/C6H11N3O/c1-6(7,4-10)5-2-8-9-3-5/h2-3,10H,4,7H2,1H3,(H,8,9). The highest BCUT2D eigenvalue weighted by molar-refractivity contribution is 5.14. The lowest BCUT2D eigenvalue weighted by Crippen LogP contribution is -2.36. The first-order chi connectivity index (χ1) is 4.67. The molecule has 1 heterocycles. The first kappa shape index (κ1) is 7.24. The molecule has 1 rings (SSSR count). The smallest absolute Gasteiger partial charge is 0.0651 e. The van der Waals surface area contributed by atoms with E-state index in [1.807, 2.05) is 0 Å². The average Bonchev–Trinajstić information content (AvgIpc) is 2.38. The monoisotopic (exact) mass is 141 g/mol. The topological polar surface area (TPSA) is 74.9 Å². The molecular formula is C6H11N3O. The van der Waals surface area contributed by atoms with Gasteiger partial charge in [0.1, 0.15) is 0 Å². The fraction of sp³-hybridized carbons (Fsp3) is 0.500. The van der Waals surface area contributed by atoms with Crippen molar-refractivity contribution in [3.8, 4) is 0 Å². The molecule has 0 saturated carbocycles. The fourth-order valence-electron chi connectivity index (χ4n) is 0.655. The number of hydrogen-bond acceptors (Lipinski definition) is 3. The Kier molecular flexibility index (Phi) is 1.74. The zero-order valence-electron chi connectivity index (χ0n) is 5.83. The molecule has 0 aliphatic heterocycles. The molecule has 56 valence electrons. The van der Waals surface area contributed by atoms with Crippen LogP contribution in [0.25, 0.3) is 0 Å². The summed E-state index contributed by atoms with van der Waals surface area (Å²) in [5, 5.41) is 15.1. The van der Waals surface area contributed by atoms with Crippen LogP contribution < -0.4 is 5.73 Å². The molecule has 0 bridgehead atoms. The molecule has 0 aromatic carbocycles. The van der Waals surface area contributed by atoms with Crippen LogP contribution in [-0.2, 0) is 5.54 Å². The van der Waals surface area contributed by atoms with Crippen LogP contribution >= 0.6 is 0 Å². The summed E-state index contributed by atoms with van der Waals surface area (Å²) < 4.78 is 0. The van der Waals surface area contributed by atoms with Gasteiger partial charge in [0, 0.05) is 11.8 Å². The summed E-state index contributed by atoms with van der Waals surface area (Å²) in [6.07, 6.45) is 3.28. The number of aliphatic hydroxyl groups is 1. The average molecular weight is 141 g/mol. The molecule has 0 amide bonds. The molecule has 1 unspecified atom stereocenters. The number of aromatic nitrogens is 2. The van der Waals surface area contributed by atoms with Gasteiger partial charge in [-0.1, -0.05) is 0 Å². The number of nitrogens with two attached hydrogens (primary N) is 1. The maximum Gasteiger partial charge on any atom is 0.0651 e. The molecule has 0 fully saturated rings. The van der Waals surface area contributed by atoms with Crippen LogP contribution in [0.1, 0.15) is 12.5 Å². The van der Waals surface area contributed by atoms with Gasteiger partial charge in [-0.3, -0.25) is 5.10 Å². The zero-order valence-corrected chi connectivity index (χ0v) is 5.83. The third-order valence-corrected chi connectivity index (χ3v) is 1.49. The minimum Gasteiger partial charge on any atom is -0.394 e. The van der Waals surface area contributed by atoms with E-state index in [0.717, 1.165) is 5.56 Å². The third-order valence-electron chi connectivity index (χ3n) is 1.49. The van der Waals surface area contributed by atoms with Crippen LogP contribution in [0, 0.1) is 0 Å². The van der Waals surface area contributed by atoms with Gasteiger partial charge >= 0.3 is 0 Å². The van der Waals surface area contributed by atoms with Gasteiger partial charge in [-0.2, -0.15) is 5.10 Å². The molecule has 10 heavy (non-hydrogen) atoms. The van der Waals surface area contributed by atoms with E-state index in [-0.39, 0.29) is 6.61 Å². The number of H-pyrrole nitrogens is 1. The van der Waals surface area contributed by atoms with E-state index in [9.17, 15) is 0 Å². The highest BCUT2D eigenvalue weighted by Gasteiger charge is 2.20. The van der Waals surface area contributed by atoms with Crippen LogP contribution in [0.2, 0.25) is 0 Å². The minimum absolute atomic E-state index is 0.0769. The van der Waals surface area contributed by atoms with Gasteiger partial charge in [0.15, 0.2) is 0 Å². The Morgan fingerprint density at radius 2 is 2.60 bits per heavy atom. The number of nitrogens with one attached hydrogen (secondary N) is 1. The molecular weight excluding hydrogens is 130 g/mol. The van der Waals surface area contributed by atoms with E-state index in [1.54, 1.807) is 19.3 Å². The van der Waals surface area contributed by atoms with E-state index in [2.05, 4.69) is 10.2 Å². The van der Waals surface area contributed by atoms with Crippen molar-refractivity contribution in [3.05, 3.63) is 18.0 Å². The van der Waals surface area contributed by atoms with Crippen LogP contribution in [0.3, 0.4) is 0 Å². The van der Waals surface area contributed by atoms with Crippen molar-refractivity contribution in [1.82, 2.24) is 10.2 Å². The van der Waals surface area contributed by atoms with Crippen molar-refractivity contribution in [1.29, 1.82) is 0 Å². The van der Waals surface area contributed by atoms with E-state index in [4.69, 9.17) is 10.8 Å². The second kappa shape index (κ2) is 2.40. The maximum atomic E-state index is 8.80. The molecule has 0 spiro atoms. The lowest BCUT2D eigenvalue weighted by atomic mass is 9.98. The lowest BCUT2D eigenvalue weighted by molar-refractivity contribution is 0.210. The zero-order chi connectivity index (χ0) is 7.61. The molecule has 0 aliphatic carbocycles. The molecule has 1 aromatic rings. The molecule has 0 saturated heterocycles. The van der Waals surface area contributed by atoms with Gasteiger partial charge in [-0.25, -0.2) is 0 Å². The Morgan fingerprint density at radius 3 is 3.00 bits per heavy atom. The third kappa shape index (κ3) is 1.17. The normalized spacial score (nSPS) is 16.7. The Balaban J connectivity index is 2.85. The fourth-order valence-corrected chi connectivity index (χ4v) is 0.655. The molecule has 0 radical (unpaired) electrons.